The molecule has 0 radical (unpaired) electrons. The maximum Gasteiger partial charge on any atom is 0.307 e. The molecule has 0 bridgehead atoms. The fourth-order valence-corrected chi connectivity index (χ4v) is 3.40. The van der Waals surface area contributed by atoms with Gasteiger partial charge in [-0.1, -0.05) is 6.07 Å². The van der Waals surface area contributed by atoms with Gasteiger partial charge in [0.2, 0.25) is 0 Å². The number of hydrogen-bond donors (Lipinski definition) is 1. The number of ether oxygens (including phenoxy) is 1. The third-order valence-electron chi connectivity index (χ3n) is 5.04. The number of nitrogens with zero attached hydrogens (tertiary/aromatic N) is 1. The van der Waals surface area contributed by atoms with Crippen LogP contribution in [0.4, 0.5) is 4.39 Å². The van der Waals surface area contributed by atoms with Gasteiger partial charge in [0.1, 0.15) is 0 Å². The Kier molecular flexibility index (Phi) is 4.00. The first-order chi connectivity index (χ1) is 10.9. The van der Waals surface area contributed by atoms with E-state index in [0.717, 1.165) is 12.0 Å². The first-order valence-electron chi connectivity index (χ1n) is 7.81. The number of benzene rings is 1. The smallest absolute Gasteiger partial charge is 0.307 e. The molecule has 5 nitrogen and oxygen atoms in total. The first-order valence-corrected chi connectivity index (χ1v) is 7.81. The standard InChI is InChI=1S/C17H20FNO4/c1-11-2-3-13(18)14(8-11)23-10-15(20)19-6-4-17(5-7-19)9-12(17)16(21)22/h2-3,8,12H,4-7,9-10H2,1H3,(H,21,22). The molecule has 3 rings (SSSR count). The number of carbonyl (C=O) groups is 2. The third kappa shape index (κ3) is 3.16. The highest BCUT2D eigenvalue weighted by Crippen LogP contribution is 2.59. The van der Waals surface area contributed by atoms with Crippen LogP contribution in [0.5, 0.6) is 5.75 Å². The van der Waals surface area contributed by atoms with E-state index < -0.39 is 11.8 Å². The fourth-order valence-electron chi connectivity index (χ4n) is 3.40. The molecule has 1 atom stereocenters. The van der Waals surface area contributed by atoms with Gasteiger partial charge < -0.3 is 14.7 Å². The molecule has 1 aliphatic heterocycles. The van der Waals surface area contributed by atoms with Gasteiger partial charge in [0.15, 0.2) is 18.2 Å². The lowest BCUT2D eigenvalue weighted by Crippen LogP contribution is -2.42. The van der Waals surface area contributed by atoms with E-state index >= 15 is 0 Å². The van der Waals surface area contributed by atoms with Crippen LogP contribution in [0.15, 0.2) is 18.2 Å². The Morgan fingerprint density at radius 3 is 2.70 bits per heavy atom. The van der Waals surface area contributed by atoms with Crippen molar-refractivity contribution in [2.75, 3.05) is 19.7 Å². The van der Waals surface area contributed by atoms with E-state index in [1.165, 1.54) is 6.07 Å². The van der Waals surface area contributed by atoms with Crippen molar-refractivity contribution in [3.05, 3.63) is 29.6 Å². The summed E-state index contributed by atoms with van der Waals surface area (Å²) in [6.07, 6.45) is 2.15. The summed E-state index contributed by atoms with van der Waals surface area (Å²) in [4.78, 5) is 24.9. The zero-order chi connectivity index (χ0) is 16.6. The van der Waals surface area contributed by atoms with Gasteiger partial charge in [0.25, 0.3) is 5.91 Å². The summed E-state index contributed by atoms with van der Waals surface area (Å²) in [5.41, 5.74) is 0.758. The molecule has 124 valence electrons. The second-order valence-corrected chi connectivity index (χ2v) is 6.56. The number of carbonyl (C=O) groups excluding carboxylic acids is 1. The normalized spacial score (nSPS) is 22.0. The van der Waals surface area contributed by atoms with Crippen LogP contribution < -0.4 is 4.74 Å². The highest BCUT2D eigenvalue weighted by molar-refractivity contribution is 5.78. The zero-order valence-electron chi connectivity index (χ0n) is 13.0. The van der Waals surface area contributed by atoms with Crippen molar-refractivity contribution in [1.29, 1.82) is 0 Å². The number of aliphatic carboxylic acids is 1. The number of carboxylic acids is 1. The predicted octanol–water partition coefficient (Wildman–Crippen LogP) is 2.23. The molecule has 1 aromatic rings. The first kappa shape index (κ1) is 15.8. The van der Waals surface area contributed by atoms with Gasteiger partial charge in [0.05, 0.1) is 5.92 Å². The maximum absolute atomic E-state index is 13.6. The van der Waals surface area contributed by atoms with Gasteiger partial charge in [0, 0.05) is 13.1 Å². The molecule has 1 amide bonds. The van der Waals surface area contributed by atoms with E-state index in [4.69, 9.17) is 9.84 Å². The molecule has 1 spiro atoms. The van der Waals surface area contributed by atoms with Crippen molar-refractivity contribution in [1.82, 2.24) is 4.90 Å². The summed E-state index contributed by atoms with van der Waals surface area (Å²) >= 11 is 0. The number of aryl methyl sites for hydroxylation is 1. The fraction of sp³-hybridized carbons (Fsp3) is 0.529. The van der Waals surface area contributed by atoms with Crippen molar-refractivity contribution >= 4 is 11.9 Å². The minimum atomic E-state index is -0.733. The summed E-state index contributed by atoms with van der Waals surface area (Å²) in [7, 11) is 0. The Hall–Kier alpha value is -2.11. The van der Waals surface area contributed by atoms with Crippen molar-refractivity contribution in [3.8, 4) is 5.75 Å². The third-order valence-corrected chi connectivity index (χ3v) is 5.04. The van der Waals surface area contributed by atoms with E-state index in [0.29, 0.717) is 25.9 Å². The van der Waals surface area contributed by atoms with Crippen LogP contribution in [-0.4, -0.2) is 41.6 Å². The number of likely N-dealkylation sites (tertiary alicyclic amines) is 1. The Morgan fingerprint density at radius 1 is 1.39 bits per heavy atom. The second-order valence-electron chi connectivity index (χ2n) is 6.56. The van der Waals surface area contributed by atoms with E-state index in [1.807, 2.05) is 6.92 Å². The van der Waals surface area contributed by atoms with Crippen LogP contribution in [0.1, 0.15) is 24.8 Å². The van der Waals surface area contributed by atoms with E-state index in [9.17, 15) is 14.0 Å². The molecule has 6 heteroatoms. The van der Waals surface area contributed by atoms with Crippen molar-refractivity contribution < 1.29 is 23.8 Å². The molecule has 1 aliphatic carbocycles. The summed E-state index contributed by atoms with van der Waals surface area (Å²) < 4.78 is 18.9. The Morgan fingerprint density at radius 2 is 2.09 bits per heavy atom. The van der Waals surface area contributed by atoms with Crippen molar-refractivity contribution in [3.63, 3.8) is 0 Å². The van der Waals surface area contributed by atoms with Crippen LogP contribution in [0.25, 0.3) is 0 Å². The van der Waals surface area contributed by atoms with E-state index in [2.05, 4.69) is 0 Å². The lowest BCUT2D eigenvalue weighted by Gasteiger charge is -2.32. The topological polar surface area (TPSA) is 66.8 Å². The molecule has 1 saturated heterocycles. The number of amides is 1. The Labute approximate surface area is 134 Å². The van der Waals surface area contributed by atoms with E-state index in [1.54, 1.807) is 17.0 Å². The average Bonchev–Trinajstić information content (AvgIpc) is 3.22. The molecule has 2 fully saturated rings. The highest BCUT2D eigenvalue weighted by Gasteiger charge is 2.59. The molecule has 0 aromatic heterocycles. The molecule has 1 heterocycles. The van der Waals surface area contributed by atoms with Gasteiger partial charge in [-0.15, -0.1) is 0 Å². The molecule has 1 N–H and O–H groups in total. The summed E-state index contributed by atoms with van der Waals surface area (Å²) in [6.45, 7) is 2.72. The summed E-state index contributed by atoms with van der Waals surface area (Å²) in [5.74, 6) is -1.57. The average molecular weight is 321 g/mol. The minimum absolute atomic E-state index is 0.0833. The number of carboxylic acid groups (broad SMARTS) is 1. The predicted molar refractivity (Wildman–Crippen MR) is 80.6 cm³/mol. The van der Waals surface area contributed by atoms with Crippen molar-refractivity contribution in [2.45, 2.75) is 26.2 Å². The summed E-state index contributed by atoms with van der Waals surface area (Å²) in [5, 5.41) is 9.07. The summed E-state index contributed by atoms with van der Waals surface area (Å²) in [6, 6.07) is 4.52. The lowest BCUT2D eigenvalue weighted by atomic mass is 9.91. The number of rotatable bonds is 4. The molecule has 23 heavy (non-hydrogen) atoms. The van der Waals surface area contributed by atoms with Gasteiger partial charge in [-0.25, -0.2) is 4.39 Å². The molecular weight excluding hydrogens is 301 g/mol. The second kappa shape index (κ2) is 5.83. The number of halogens is 1. The zero-order valence-corrected chi connectivity index (χ0v) is 13.0. The monoisotopic (exact) mass is 321 g/mol. The number of hydrogen-bond acceptors (Lipinski definition) is 3. The van der Waals surface area contributed by atoms with Gasteiger partial charge in [-0.05, 0) is 49.3 Å². The van der Waals surface area contributed by atoms with Crippen LogP contribution >= 0.6 is 0 Å². The van der Waals surface area contributed by atoms with Gasteiger partial charge >= 0.3 is 5.97 Å². The van der Waals surface area contributed by atoms with E-state index in [-0.39, 0.29) is 29.6 Å². The molecular formula is C17H20FNO4. The Bertz CT molecular complexity index is 637. The van der Waals surface area contributed by atoms with Crippen molar-refractivity contribution in [2.24, 2.45) is 11.3 Å². The highest BCUT2D eigenvalue weighted by atomic mass is 19.1. The van der Waals surface area contributed by atoms with Crippen LogP contribution in [-0.2, 0) is 9.59 Å². The minimum Gasteiger partial charge on any atom is -0.481 e. The molecule has 1 aromatic carbocycles. The SMILES string of the molecule is Cc1ccc(F)c(OCC(=O)N2CCC3(CC2)CC3C(=O)O)c1. The quantitative estimate of drug-likeness (QED) is 0.923. The molecule has 1 unspecified atom stereocenters. The number of piperidine rings is 1. The lowest BCUT2D eigenvalue weighted by molar-refractivity contribution is -0.140. The molecule has 1 saturated carbocycles. The van der Waals surface area contributed by atoms with Gasteiger partial charge in [-0.2, -0.15) is 0 Å². The van der Waals surface area contributed by atoms with Crippen LogP contribution in [0, 0.1) is 24.1 Å². The Balaban J connectivity index is 1.50. The largest absolute Gasteiger partial charge is 0.481 e. The molecule has 2 aliphatic rings. The van der Waals surface area contributed by atoms with Crippen LogP contribution in [0.2, 0.25) is 0 Å². The van der Waals surface area contributed by atoms with Crippen LogP contribution in [0.3, 0.4) is 0 Å². The maximum atomic E-state index is 13.6. The van der Waals surface area contributed by atoms with Gasteiger partial charge in [-0.3, -0.25) is 9.59 Å².